The lowest BCUT2D eigenvalue weighted by atomic mass is 10.2. The maximum Gasteiger partial charge on any atom is 0.124 e. The van der Waals surface area contributed by atoms with Gasteiger partial charge in [0.1, 0.15) is 11.6 Å². The third-order valence-corrected chi connectivity index (χ3v) is 3.28. The molecule has 0 spiro atoms. The molecule has 1 heterocycles. The standard InChI is InChI=1S/C14H16FN3.ClH/c1-18-14(8-13(17-18)11-4-5-11)16-9-10-2-6-12(15)7-3-10;/h2-3,6-8,11,16H,4-5,9H2,1H3;1H. The van der Waals surface area contributed by atoms with Crippen molar-refractivity contribution in [1.82, 2.24) is 9.78 Å². The molecule has 0 atom stereocenters. The van der Waals surface area contributed by atoms with E-state index in [0.717, 1.165) is 11.4 Å². The Labute approximate surface area is 118 Å². The number of rotatable bonds is 4. The van der Waals surface area contributed by atoms with Crippen LogP contribution >= 0.6 is 12.4 Å². The van der Waals surface area contributed by atoms with Crippen molar-refractivity contribution < 1.29 is 4.39 Å². The zero-order valence-electron chi connectivity index (χ0n) is 10.8. The first-order valence-electron chi connectivity index (χ1n) is 6.24. The van der Waals surface area contributed by atoms with Gasteiger partial charge >= 0.3 is 0 Å². The van der Waals surface area contributed by atoms with Gasteiger partial charge in [-0.15, -0.1) is 12.4 Å². The molecule has 0 saturated heterocycles. The van der Waals surface area contributed by atoms with Crippen molar-refractivity contribution in [2.75, 3.05) is 5.32 Å². The van der Waals surface area contributed by atoms with E-state index in [2.05, 4.69) is 16.5 Å². The highest BCUT2D eigenvalue weighted by Crippen LogP contribution is 2.39. The summed E-state index contributed by atoms with van der Waals surface area (Å²) in [6.45, 7) is 0.684. The van der Waals surface area contributed by atoms with Crippen molar-refractivity contribution >= 4 is 18.2 Å². The Morgan fingerprint density at radius 1 is 1.32 bits per heavy atom. The van der Waals surface area contributed by atoms with Crippen molar-refractivity contribution in [1.29, 1.82) is 0 Å². The number of nitrogens with zero attached hydrogens (tertiary/aromatic N) is 2. The number of aromatic nitrogens is 2. The monoisotopic (exact) mass is 281 g/mol. The van der Waals surface area contributed by atoms with Crippen molar-refractivity contribution in [2.24, 2.45) is 7.05 Å². The molecule has 1 saturated carbocycles. The molecule has 0 bridgehead atoms. The SMILES string of the molecule is Cl.Cn1nc(C2CC2)cc1NCc1ccc(F)cc1. The van der Waals surface area contributed by atoms with E-state index in [1.807, 2.05) is 11.7 Å². The van der Waals surface area contributed by atoms with Crippen LogP contribution in [0.1, 0.15) is 30.0 Å². The number of anilines is 1. The molecular formula is C14H17ClFN3. The van der Waals surface area contributed by atoms with Gasteiger partial charge in [-0.1, -0.05) is 12.1 Å². The highest BCUT2D eigenvalue weighted by molar-refractivity contribution is 5.85. The summed E-state index contributed by atoms with van der Waals surface area (Å²) in [7, 11) is 1.94. The van der Waals surface area contributed by atoms with Crippen LogP contribution in [0.25, 0.3) is 0 Å². The molecule has 0 radical (unpaired) electrons. The van der Waals surface area contributed by atoms with Crippen LogP contribution in [-0.2, 0) is 13.6 Å². The average Bonchev–Trinajstić information content (AvgIpc) is 3.14. The molecule has 1 N–H and O–H groups in total. The normalized spacial score (nSPS) is 14.0. The molecule has 19 heavy (non-hydrogen) atoms. The van der Waals surface area contributed by atoms with Gasteiger partial charge in [-0.25, -0.2) is 4.39 Å². The Kier molecular flexibility index (Phi) is 4.10. The predicted octanol–water partition coefficient (Wildman–Crippen LogP) is 3.47. The average molecular weight is 282 g/mol. The van der Waals surface area contributed by atoms with Gasteiger partial charge in [-0.2, -0.15) is 5.10 Å². The lowest BCUT2D eigenvalue weighted by Gasteiger charge is -2.06. The van der Waals surface area contributed by atoms with Gasteiger partial charge in [0.25, 0.3) is 0 Å². The second-order valence-corrected chi connectivity index (χ2v) is 4.83. The molecule has 1 aromatic heterocycles. The van der Waals surface area contributed by atoms with Crippen molar-refractivity contribution in [3.63, 3.8) is 0 Å². The summed E-state index contributed by atoms with van der Waals surface area (Å²) < 4.78 is 14.7. The zero-order valence-corrected chi connectivity index (χ0v) is 11.6. The first-order valence-corrected chi connectivity index (χ1v) is 6.24. The van der Waals surface area contributed by atoms with Crippen LogP contribution in [0.5, 0.6) is 0 Å². The Morgan fingerprint density at radius 2 is 2.00 bits per heavy atom. The lowest BCUT2D eigenvalue weighted by molar-refractivity contribution is 0.627. The molecule has 3 nitrogen and oxygen atoms in total. The first-order chi connectivity index (χ1) is 8.72. The Balaban J connectivity index is 0.00000133. The van der Waals surface area contributed by atoms with E-state index in [1.54, 1.807) is 12.1 Å². The number of hydrogen-bond donors (Lipinski definition) is 1. The Hall–Kier alpha value is -1.55. The van der Waals surface area contributed by atoms with E-state index in [-0.39, 0.29) is 18.2 Å². The molecule has 3 rings (SSSR count). The Bertz CT molecular complexity index is 546. The lowest BCUT2D eigenvalue weighted by Crippen LogP contribution is -2.04. The fourth-order valence-corrected chi connectivity index (χ4v) is 2.03. The van der Waals surface area contributed by atoms with Crippen LogP contribution in [0.2, 0.25) is 0 Å². The summed E-state index contributed by atoms with van der Waals surface area (Å²) in [6, 6.07) is 8.66. The number of aryl methyl sites for hydroxylation is 1. The van der Waals surface area contributed by atoms with Crippen molar-refractivity contribution in [2.45, 2.75) is 25.3 Å². The molecule has 102 valence electrons. The molecule has 1 aliphatic carbocycles. The number of benzene rings is 1. The van der Waals surface area contributed by atoms with Crippen LogP contribution in [0.15, 0.2) is 30.3 Å². The predicted molar refractivity (Wildman–Crippen MR) is 76.2 cm³/mol. The van der Waals surface area contributed by atoms with E-state index in [0.29, 0.717) is 12.5 Å². The highest BCUT2D eigenvalue weighted by atomic mass is 35.5. The first kappa shape index (κ1) is 13.9. The molecule has 0 unspecified atom stereocenters. The van der Waals surface area contributed by atoms with Gasteiger partial charge in [0.05, 0.1) is 5.69 Å². The van der Waals surface area contributed by atoms with E-state index in [9.17, 15) is 4.39 Å². The third kappa shape index (κ3) is 3.26. The fraction of sp³-hybridized carbons (Fsp3) is 0.357. The number of nitrogens with one attached hydrogen (secondary N) is 1. The molecule has 5 heteroatoms. The van der Waals surface area contributed by atoms with Gasteiger partial charge < -0.3 is 5.32 Å². The fourth-order valence-electron chi connectivity index (χ4n) is 2.03. The molecule has 1 aliphatic rings. The molecule has 0 amide bonds. The summed E-state index contributed by atoms with van der Waals surface area (Å²) in [6.07, 6.45) is 2.52. The van der Waals surface area contributed by atoms with Gasteiger partial charge in [-0.3, -0.25) is 4.68 Å². The van der Waals surface area contributed by atoms with Crippen LogP contribution in [0, 0.1) is 5.82 Å². The largest absolute Gasteiger partial charge is 0.366 e. The minimum atomic E-state index is -0.199. The molecule has 0 aliphatic heterocycles. The molecular weight excluding hydrogens is 265 g/mol. The minimum Gasteiger partial charge on any atom is -0.366 e. The van der Waals surface area contributed by atoms with Crippen LogP contribution in [0.3, 0.4) is 0 Å². The summed E-state index contributed by atoms with van der Waals surface area (Å²) in [4.78, 5) is 0. The zero-order chi connectivity index (χ0) is 12.5. The number of hydrogen-bond acceptors (Lipinski definition) is 2. The highest BCUT2D eigenvalue weighted by Gasteiger charge is 2.26. The number of halogens is 2. The van der Waals surface area contributed by atoms with Gasteiger partial charge in [0.2, 0.25) is 0 Å². The minimum absolute atomic E-state index is 0. The smallest absolute Gasteiger partial charge is 0.124 e. The van der Waals surface area contributed by atoms with E-state index in [1.165, 1.54) is 30.7 Å². The second kappa shape index (κ2) is 5.61. The maximum atomic E-state index is 12.8. The summed E-state index contributed by atoms with van der Waals surface area (Å²) in [5, 5.41) is 7.82. The van der Waals surface area contributed by atoms with Crippen LogP contribution in [0.4, 0.5) is 10.2 Å². The second-order valence-electron chi connectivity index (χ2n) is 4.83. The maximum absolute atomic E-state index is 12.8. The summed E-state index contributed by atoms with van der Waals surface area (Å²) >= 11 is 0. The van der Waals surface area contributed by atoms with E-state index < -0.39 is 0 Å². The third-order valence-electron chi connectivity index (χ3n) is 3.28. The van der Waals surface area contributed by atoms with E-state index >= 15 is 0 Å². The van der Waals surface area contributed by atoms with Crippen molar-refractivity contribution in [3.05, 3.63) is 47.4 Å². The van der Waals surface area contributed by atoms with E-state index in [4.69, 9.17) is 0 Å². The van der Waals surface area contributed by atoms with Gasteiger partial charge in [-0.05, 0) is 30.5 Å². The van der Waals surface area contributed by atoms with Gasteiger partial charge in [0, 0.05) is 25.6 Å². The molecule has 1 fully saturated rings. The van der Waals surface area contributed by atoms with Crippen LogP contribution < -0.4 is 5.32 Å². The molecule has 1 aromatic carbocycles. The Morgan fingerprint density at radius 3 is 2.63 bits per heavy atom. The van der Waals surface area contributed by atoms with Crippen LogP contribution in [-0.4, -0.2) is 9.78 Å². The van der Waals surface area contributed by atoms with Gasteiger partial charge in [0.15, 0.2) is 0 Å². The topological polar surface area (TPSA) is 29.9 Å². The summed E-state index contributed by atoms with van der Waals surface area (Å²) in [5.41, 5.74) is 2.24. The van der Waals surface area contributed by atoms with Crippen molar-refractivity contribution in [3.8, 4) is 0 Å². The quantitative estimate of drug-likeness (QED) is 0.930. The summed E-state index contributed by atoms with van der Waals surface area (Å²) in [5.74, 6) is 1.48. The molecule has 2 aromatic rings.